The predicted molar refractivity (Wildman–Crippen MR) is 86.1 cm³/mol. The van der Waals surface area contributed by atoms with Gasteiger partial charge in [-0.15, -0.1) is 0 Å². The fourth-order valence-electron chi connectivity index (χ4n) is 3.26. The van der Waals surface area contributed by atoms with Gasteiger partial charge in [0.1, 0.15) is 11.6 Å². The molecule has 1 atom stereocenters. The summed E-state index contributed by atoms with van der Waals surface area (Å²) in [5.74, 6) is -0.597. The normalized spacial score (nSPS) is 18.2. The van der Waals surface area contributed by atoms with Gasteiger partial charge in [-0.05, 0) is 45.0 Å². The Hall–Kier alpha value is -1.88. The first-order valence-corrected chi connectivity index (χ1v) is 7.71. The first-order valence-electron chi connectivity index (χ1n) is 7.71. The first kappa shape index (κ1) is 16.5. The van der Waals surface area contributed by atoms with Crippen LogP contribution in [0.4, 0.5) is 0 Å². The molecular weight excluding hydrogens is 278 g/mol. The number of nitrogens with zero attached hydrogens (tertiary/aromatic N) is 1. The number of rotatable bonds is 5. The molecule has 2 rings (SSSR count). The zero-order chi connectivity index (χ0) is 16.3. The average Bonchev–Trinajstić information content (AvgIpc) is 2.90. The largest absolute Gasteiger partial charge is 0.368 e. The van der Waals surface area contributed by atoms with Crippen LogP contribution in [0.5, 0.6) is 0 Å². The summed E-state index contributed by atoms with van der Waals surface area (Å²) in [7, 11) is 3.73. The van der Waals surface area contributed by atoms with Crippen LogP contribution in [0.25, 0.3) is 0 Å². The molecule has 1 aromatic rings. The van der Waals surface area contributed by atoms with Crippen molar-refractivity contribution < 1.29 is 9.59 Å². The van der Waals surface area contributed by atoms with Crippen molar-refractivity contribution in [1.29, 1.82) is 0 Å². The van der Waals surface area contributed by atoms with Crippen molar-refractivity contribution in [2.24, 2.45) is 5.73 Å². The van der Waals surface area contributed by atoms with E-state index in [4.69, 9.17) is 5.73 Å². The number of primary amides is 1. The average molecular weight is 303 g/mol. The molecule has 120 valence electrons. The van der Waals surface area contributed by atoms with E-state index in [1.54, 1.807) is 0 Å². The number of hydrogen-bond donors (Lipinski definition) is 2. The van der Waals surface area contributed by atoms with Crippen LogP contribution in [0.15, 0.2) is 24.3 Å². The Bertz CT molecular complexity index is 563. The number of carbonyl (C=O) groups is 2. The van der Waals surface area contributed by atoms with E-state index < -0.39 is 17.5 Å². The second kappa shape index (κ2) is 6.48. The van der Waals surface area contributed by atoms with Crippen LogP contribution < -0.4 is 11.1 Å². The third kappa shape index (κ3) is 3.14. The monoisotopic (exact) mass is 303 g/mol. The number of benzene rings is 1. The SMILES string of the molecule is Cc1ccccc1C(C(=O)NC1(C(N)=O)CCCC1)N(C)C. The summed E-state index contributed by atoms with van der Waals surface area (Å²) in [5, 5.41) is 2.94. The zero-order valence-electron chi connectivity index (χ0n) is 13.6. The van der Waals surface area contributed by atoms with Gasteiger partial charge in [0.2, 0.25) is 11.8 Å². The molecule has 1 aliphatic rings. The van der Waals surface area contributed by atoms with Crippen LogP contribution in [0.3, 0.4) is 0 Å². The van der Waals surface area contributed by atoms with Crippen LogP contribution in [0, 0.1) is 6.92 Å². The van der Waals surface area contributed by atoms with Crippen LogP contribution in [-0.2, 0) is 9.59 Å². The molecule has 22 heavy (non-hydrogen) atoms. The molecule has 0 spiro atoms. The van der Waals surface area contributed by atoms with Gasteiger partial charge in [0.15, 0.2) is 0 Å². The van der Waals surface area contributed by atoms with Gasteiger partial charge in [0.05, 0.1) is 0 Å². The van der Waals surface area contributed by atoms with E-state index in [1.807, 2.05) is 50.2 Å². The summed E-state index contributed by atoms with van der Waals surface area (Å²) in [5.41, 5.74) is 6.68. The van der Waals surface area contributed by atoms with Crippen molar-refractivity contribution in [2.45, 2.75) is 44.2 Å². The molecule has 1 unspecified atom stereocenters. The number of nitrogens with two attached hydrogens (primary N) is 1. The van der Waals surface area contributed by atoms with Gasteiger partial charge in [-0.25, -0.2) is 0 Å². The number of aryl methyl sites for hydroxylation is 1. The summed E-state index contributed by atoms with van der Waals surface area (Å²) < 4.78 is 0. The molecule has 0 aromatic heterocycles. The lowest BCUT2D eigenvalue weighted by molar-refractivity contribution is -0.134. The molecular formula is C17H25N3O2. The summed E-state index contributed by atoms with van der Waals surface area (Å²) in [6.45, 7) is 1.98. The highest BCUT2D eigenvalue weighted by atomic mass is 16.2. The van der Waals surface area contributed by atoms with E-state index in [9.17, 15) is 9.59 Å². The van der Waals surface area contributed by atoms with Gasteiger partial charge in [0.25, 0.3) is 0 Å². The fraction of sp³-hybridized carbons (Fsp3) is 0.529. The highest BCUT2D eigenvalue weighted by Crippen LogP contribution is 2.31. The lowest BCUT2D eigenvalue weighted by Gasteiger charge is -2.32. The summed E-state index contributed by atoms with van der Waals surface area (Å²) in [6.07, 6.45) is 3.09. The summed E-state index contributed by atoms with van der Waals surface area (Å²) in [6, 6.07) is 7.37. The molecule has 5 nitrogen and oxygen atoms in total. The highest BCUT2D eigenvalue weighted by molar-refractivity contribution is 5.93. The van der Waals surface area contributed by atoms with Crippen LogP contribution in [0.2, 0.25) is 0 Å². The summed E-state index contributed by atoms with van der Waals surface area (Å²) >= 11 is 0. The minimum atomic E-state index is -0.881. The minimum Gasteiger partial charge on any atom is -0.368 e. The minimum absolute atomic E-state index is 0.167. The molecule has 0 heterocycles. The number of nitrogens with one attached hydrogen (secondary N) is 1. The topological polar surface area (TPSA) is 75.4 Å². The van der Waals surface area contributed by atoms with Gasteiger partial charge in [0, 0.05) is 0 Å². The number of carbonyl (C=O) groups excluding carboxylic acids is 2. The summed E-state index contributed by atoms with van der Waals surface area (Å²) in [4.78, 5) is 26.6. The fourth-order valence-corrected chi connectivity index (χ4v) is 3.26. The smallest absolute Gasteiger partial charge is 0.243 e. The van der Waals surface area contributed by atoms with Crippen molar-refractivity contribution in [1.82, 2.24) is 10.2 Å². The Morgan fingerprint density at radius 1 is 1.23 bits per heavy atom. The highest BCUT2D eigenvalue weighted by Gasteiger charge is 2.42. The molecule has 0 bridgehead atoms. The second-order valence-electron chi connectivity index (χ2n) is 6.37. The Morgan fingerprint density at radius 2 is 1.82 bits per heavy atom. The number of likely N-dealkylation sites (N-methyl/N-ethyl adjacent to an activating group) is 1. The molecule has 1 fully saturated rings. The third-order valence-corrected chi connectivity index (χ3v) is 4.54. The molecule has 0 aliphatic heterocycles. The quantitative estimate of drug-likeness (QED) is 0.866. The van der Waals surface area contributed by atoms with Gasteiger partial charge in [-0.1, -0.05) is 37.1 Å². The maximum absolute atomic E-state index is 12.8. The molecule has 1 aliphatic carbocycles. The van der Waals surface area contributed by atoms with Crippen LogP contribution in [-0.4, -0.2) is 36.3 Å². The van der Waals surface area contributed by atoms with E-state index in [0.717, 1.165) is 24.0 Å². The Labute approximate surface area is 131 Å². The predicted octanol–water partition coefficient (Wildman–Crippen LogP) is 1.51. The van der Waals surface area contributed by atoms with Gasteiger partial charge >= 0.3 is 0 Å². The van der Waals surface area contributed by atoms with E-state index in [-0.39, 0.29) is 5.91 Å². The Balaban J connectivity index is 2.28. The van der Waals surface area contributed by atoms with E-state index in [2.05, 4.69) is 5.32 Å². The van der Waals surface area contributed by atoms with Crippen molar-refractivity contribution in [3.05, 3.63) is 35.4 Å². The molecule has 2 amide bonds. The van der Waals surface area contributed by atoms with Crippen molar-refractivity contribution in [2.75, 3.05) is 14.1 Å². The second-order valence-corrected chi connectivity index (χ2v) is 6.37. The molecule has 0 saturated heterocycles. The number of amides is 2. The number of hydrogen-bond acceptors (Lipinski definition) is 3. The van der Waals surface area contributed by atoms with Crippen LogP contribution in [0.1, 0.15) is 42.9 Å². The zero-order valence-corrected chi connectivity index (χ0v) is 13.6. The van der Waals surface area contributed by atoms with E-state index >= 15 is 0 Å². The molecule has 1 aromatic carbocycles. The Kier molecular flexibility index (Phi) is 4.86. The Morgan fingerprint density at radius 3 is 2.32 bits per heavy atom. The van der Waals surface area contributed by atoms with Crippen LogP contribution >= 0.6 is 0 Å². The van der Waals surface area contributed by atoms with E-state index in [1.165, 1.54) is 0 Å². The van der Waals surface area contributed by atoms with Crippen molar-refractivity contribution in [3.8, 4) is 0 Å². The lowest BCUT2D eigenvalue weighted by Crippen LogP contribution is -2.57. The molecule has 0 radical (unpaired) electrons. The van der Waals surface area contributed by atoms with Gasteiger partial charge < -0.3 is 11.1 Å². The first-order chi connectivity index (χ1) is 10.4. The maximum atomic E-state index is 12.8. The third-order valence-electron chi connectivity index (χ3n) is 4.54. The lowest BCUT2D eigenvalue weighted by atomic mass is 9.94. The van der Waals surface area contributed by atoms with Crippen molar-refractivity contribution in [3.63, 3.8) is 0 Å². The van der Waals surface area contributed by atoms with E-state index in [0.29, 0.717) is 12.8 Å². The molecule has 3 N–H and O–H groups in total. The standard InChI is InChI=1S/C17H25N3O2/c1-12-8-4-5-9-13(12)14(20(2)3)15(21)19-17(16(18)22)10-6-7-11-17/h4-5,8-9,14H,6-7,10-11H2,1-3H3,(H2,18,22)(H,19,21). The van der Waals surface area contributed by atoms with Gasteiger partial charge in [-0.2, -0.15) is 0 Å². The molecule has 5 heteroatoms. The maximum Gasteiger partial charge on any atom is 0.243 e. The van der Waals surface area contributed by atoms with Gasteiger partial charge in [-0.3, -0.25) is 14.5 Å². The van der Waals surface area contributed by atoms with Crippen molar-refractivity contribution >= 4 is 11.8 Å². The molecule has 1 saturated carbocycles.